The maximum atomic E-state index is 12.2. The summed E-state index contributed by atoms with van der Waals surface area (Å²) in [7, 11) is 0. The average Bonchev–Trinajstić information content (AvgIpc) is 3.30. The molecule has 0 atom stereocenters. The molecular weight excluding hydrogens is 316 g/mol. The minimum absolute atomic E-state index is 0.251. The van der Waals surface area contributed by atoms with Crippen LogP contribution in [0.3, 0.4) is 0 Å². The molecule has 4 aromatic rings. The first-order chi connectivity index (χ1) is 12.3. The highest BCUT2D eigenvalue weighted by molar-refractivity contribution is 5.93. The summed E-state index contributed by atoms with van der Waals surface area (Å²) in [6, 6.07) is 13.4. The zero-order chi connectivity index (χ0) is 17.1. The van der Waals surface area contributed by atoms with Gasteiger partial charge < -0.3 is 14.8 Å². The predicted octanol–water partition coefficient (Wildman–Crippen LogP) is 3.19. The van der Waals surface area contributed by atoms with Crippen molar-refractivity contribution >= 4 is 16.8 Å². The second kappa shape index (κ2) is 6.60. The molecule has 0 unspecified atom stereocenters. The number of nitrogens with one attached hydrogen (secondary N) is 2. The Balaban J connectivity index is 1.39. The summed E-state index contributed by atoms with van der Waals surface area (Å²) in [5.41, 5.74) is 3.32. The van der Waals surface area contributed by atoms with Crippen LogP contribution in [0.25, 0.3) is 22.2 Å². The fourth-order valence-corrected chi connectivity index (χ4v) is 2.77. The van der Waals surface area contributed by atoms with E-state index in [4.69, 9.17) is 4.52 Å². The molecule has 1 amide bonds. The molecule has 0 aliphatic carbocycles. The maximum Gasteiger partial charge on any atom is 0.273 e. The number of aromatic nitrogens is 3. The molecule has 1 aromatic carbocycles. The molecular formula is C19H16N4O2. The number of carbonyl (C=O) groups is 1. The van der Waals surface area contributed by atoms with Crippen LogP contribution in [0.15, 0.2) is 65.6 Å². The normalized spacial score (nSPS) is 10.9. The standard InChI is InChI=1S/C19H16N4O2/c24-19(17-10-18(25-23-17)14-4-3-8-20-11-14)21-9-7-13-12-22-16-6-2-1-5-15(13)16/h1-6,8,10-12,22H,7,9H2,(H,21,24). The van der Waals surface area contributed by atoms with Crippen LogP contribution in [0.4, 0.5) is 0 Å². The first-order valence-electron chi connectivity index (χ1n) is 8.01. The summed E-state index contributed by atoms with van der Waals surface area (Å²) in [4.78, 5) is 19.5. The van der Waals surface area contributed by atoms with E-state index in [0.717, 1.165) is 17.5 Å². The zero-order valence-electron chi connectivity index (χ0n) is 13.4. The average molecular weight is 332 g/mol. The molecule has 0 aliphatic rings. The Morgan fingerprint density at radius 2 is 2.12 bits per heavy atom. The Kier molecular flexibility index (Phi) is 4.00. The maximum absolute atomic E-state index is 12.2. The van der Waals surface area contributed by atoms with E-state index in [1.165, 1.54) is 10.9 Å². The second-order valence-corrected chi connectivity index (χ2v) is 5.68. The molecule has 3 heterocycles. The fourth-order valence-electron chi connectivity index (χ4n) is 2.77. The number of H-pyrrole nitrogens is 1. The van der Waals surface area contributed by atoms with Gasteiger partial charge in [0.25, 0.3) is 5.91 Å². The summed E-state index contributed by atoms with van der Waals surface area (Å²) in [6.07, 6.45) is 6.06. The number of aromatic amines is 1. The van der Waals surface area contributed by atoms with Gasteiger partial charge in [-0.05, 0) is 30.2 Å². The van der Waals surface area contributed by atoms with E-state index in [9.17, 15) is 4.79 Å². The first-order valence-corrected chi connectivity index (χ1v) is 8.01. The van der Waals surface area contributed by atoms with Crippen molar-refractivity contribution in [2.45, 2.75) is 6.42 Å². The SMILES string of the molecule is O=C(NCCc1c[nH]c2ccccc12)c1cc(-c2cccnc2)on1. The molecule has 3 aromatic heterocycles. The van der Waals surface area contributed by atoms with E-state index in [1.807, 2.05) is 30.5 Å². The van der Waals surface area contributed by atoms with Gasteiger partial charge in [-0.2, -0.15) is 0 Å². The van der Waals surface area contributed by atoms with Gasteiger partial charge in [-0.3, -0.25) is 9.78 Å². The van der Waals surface area contributed by atoms with Crippen LogP contribution in [-0.2, 0) is 6.42 Å². The minimum atomic E-state index is -0.251. The van der Waals surface area contributed by atoms with Crippen LogP contribution in [0.1, 0.15) is 16.1 Å². The molecule has 0 radical (unpaired) electrons. The summed E-state index contributed by atoms with van der Waals surface area (Å²) in [6.45, 7) is 0.524. The molecule has 124 valence electrons. The number of benzene rings is 1. The van der Waals surface area contributed by atoms with E-state index in [0.29, 0.717) is 12.3 Å². The van der Waals surface area contributed by atoms with Crippen molar-refractivity contribution in [1.29, 1.82) is 0 Å². The Bertz CT molecular complexity index is 1000. The number of carbonyl (C=O) groups excluding carboxylic acids is 1. The van der Waals surface area contributed by atoms with E-state index >= 15 is 0 Å². The topological polar surface area (TPSA) is 83.8 Å². The second-order valence-electron chi connectivity index (χ2n) is 5.68. The van der Waals surface area contributed by atoms with Gasteiger partial charge in [0.05, 0.1) is 0 Å². The van der Waals surface area contributed by atoms with Crippen molar-refractivity contribution in [1.82, 2.24) is 20.4 Å². The van der Waals surface area contributed by atoms with E-state index in [1.54, 1.807) is 24.5 Å². The van der Waals surface area contributed by atoms with Crippen molar-refractivity contribution < 1.29 is 9.32 Å². The van der Waals surface area contributed by atoms with Gasteiger partial charge in [-0.15, -0.1) is 0 Å². The zero-order valence-corrected chi connectivity index (χ0v) is 13.4. The van der Waals surface area contributed by atoms with Gasteiger partial charge >= 0.3 is 0 Å². The van der Waals surface area contributed by atoms with Crippen LogP contribution < -0.4 is 5.32 Å². The summed E-state index contributed by atoms with van der Waals surface area (Å²) in [5, 5.41) is 7.89. The number of hydrogen-bond donors (Lipinski definition) is 2. The highest BCUT2D eigenvalue weighted by atomic mass is 16.5. The van der Waals surface area contributed by atoms with Crippen LogP contribution in [0.2, 0.25) is 0 Å². The molecule has 0 fully saturated rings. The number of fused-ring (bicyclic) bond motifs is 1. The van der Waals surface area contributed by atoms with Gasteiger partial charge in [-0.25, -0.2) is 0 Å². The van der Waals surface area contributed by atoms with Crippen molar-refractivity contribution in [2.24, 2.45) is 0 Å². The lowest BCUT2D eigenvalue weighted by Gasteiger charge is -2.02. The largest absolute Gasteiger partial charge is 0.361 e. The quantitative estimate of drug-likeness (QED) is 0.588. The van der Waals surface area contributed by atoms with E-state index < -0.39 is 0 Å². The minimum Gasteiger partial charge on any atom is -0.361 e. The molecule has 25 heavy (non-hydrogen) atoms. The Morgan fingerprint density at radius 1 is 1.20 bits per heavy atom. The molecule has 2 N–H and O–H groups in total. The Morgan fingerprint density at radius 3 is 3.00 bits per heavy atom. The van der Waals surface area contributed by atoms with Gasteiger partial charge in [-0.1, -0.05) is 23.4 Å². The number of pyridine rings is 1. The number of rotatable bonds is 5. The number of para-hydroxylation sites is 1. The molecule has 0 aliphatic heterocycles. The van der Waals surface area contributed by atoms with Gasteiger partial charge in [0.2, 0.25) is 0 Å². The monoisotopic (exact) mass is 332 g/mol. The number of amides is 1. The summed E-state index contributed by atoms with van der Waals surface area (Å²) < 4.78 is 5.23. The van der Waals surface area contributed by atoms with Gasteiger partial charge in [0.1, 0.15) is 0 Å². The predicted molar refractivity (Wildman–Crippen MR) is 94.1 cm³/mol. The third-order valence-corrected chi connectivity index (χ3v) is 4.04. The lowest BCUT2D eigenvalue weighted by atomic mass is 10.1. The third kappa shape index (κ3) is 3.14. The molecule has 0 bridgehead atoms. The highest BCUT2D eigenvalue weighted by Crippen LogP contribution is 2.19. The number of nitrogens with zero attached hydrogens (tertiary/aromatic N) is 2. The van der Waals surface area contributed by atoms with Crippen LogP contribution in [0.5, 0.6) is 0 Å². The van der Waals surface area contributed by atoms with Gasteiger partial charge in [0, 0.05) is 47.7 Å². The van der Waals surface area contributed by atoms with Crippen molar-refractivity contribution in [2.75, 3.05) is 6.54 Å². The van der Waals surface area contributed by atoms with Crippen molar-refractivity contribution in [3.8, 4) is 11.3 Å². The van der Waals surface area contributed by atoms with Gasteiger partial charge in [0.15, 0.2) is 11.5 Å². The Hall–Kier alpha value is -3.41. The molecule has 0 spiro atoms. The third-order valence-electron chi connectivity index (χ3n) is 4.04. The lowest BCUT2D eigenvalue weighted by Crippen LogP contribution is -2.25. The molecule has 4 rings (SSSR count). The molecule has 0 saturated carbocycles. The van der Waals surface area contributed by atoms with Crippen LogP contribution in [0, 0.1) is 0 Å². The lowest BCUT2D eigenvalue weighted by molar-refractivity contribution is 0.0945. The van der Waals surface area contributed by atoms with Crippen LogP contribution >= 0.6 is 0 Å². The molecule has 6 heteroatoms. The summed E-state index contributed by atoms with van der Waals surface area (Å²) in [5.74, 6) is 0.272. The molecule has 6 nitrogen and oxygen atoms in total. The number of hydrogen-bond acceptors (Lipinski definition) is 4. The van der Waals surface area contributed by atoms with Crippen LogP contribution in [-0.4, -0.2) is 27.6 Å². The molecule has 0 saturated heterocycles. The van der Waals surface area contributed by atoms with Crippen molar-refractivity contribution in [3.63, 3.8) is 0 Å². The summed E-state index contributed by atoms with van der Waals surface area (Å²) >= 11 is 0. The Labute approximate surface area is 143 Å². The van der Waals surface area contributed by atoms with E-state index in [2.05, 4.69) is 26.5 Å². The first kappa shape index (κ1) is 15.1. The fraction of sp³-hybridized carbons (Fsp3) is 0.105. The van der Waals surface area contributed by atoms with E-state index in [-0.39, 0.29) is 11.6 Å². The highest BCUT2D eigenvalue weighted by Gasteiger charge is 2.13. The smallest absolute Gasteiger partial charge is 0.273 e. The van der Waals surface area contributed by atoms with Crippen molar-refractivity contribution in [3.05, 3.63) is 72.3 Å².